The van der Waals surface area contributed by atoms with E-state index in [0.717, 1.165) is 5.56 Å². The standard InChI is InChI=1S/C21H23Cl3N2O3/c1-4-19(21(28)25-3)26(11-14-5-6-15(22)10-18(14)24)20(27)12-29-16-7-8-17(23)13(2)9-16/h5-10,19H,4,11-12H2,1-3H3,(H,25,28)/t19-/m0/s1. The first kappa shape index (κ1) is 23.3. The van der Waals surface area contributed by atoms with Gasteiger partial charge in [-0.05, 0) is 54.8 Å². The summed E-state index contributed by atoms with van der Waals surface area (Å²) in [5, 5.41) is 4.15. The highest BCUT2D eigenvalue weighted by atomic mass is 35.5. The highest BCUT2D eigenvalue weighted by Crippen LogP contribution is 2.24. The van der Waals surface area contributed by atoms with Crippen molar-refractivity contribution in [1.82, 2.24) is 10.2 Å². The second-order valence-electron chi connectivity index (χ2n) is 6.50. The number of likely N-dealkylation sites (N-methyl/N-ethyl adjacent to an activating group) is 1. The van der Waals surface area contributed by atoms with Gasteiger partial charge in [0.2, 0.25) is 5.91 Å². The third-order valence-corrected chi connectivity index (χ3v) is 5.49. The van der Waals surface area contributed by atoms with E-state index in [0.29, 0.717) is 32.8 Å². The van der Waals surface area contributed by atoms with E-state index < -0.39 is 6.04 Å². The molecule has 2 amide bonds. The Morgan fingerprint density at radius 2 is 1.83 bits per heavy atom. The fraction of sp³-hybridized carbons (Fsp3) is 0.333. The quantitative estimate of drug-likeness (QED) is 0.614. The molecule has 0 unspecified atom stereocenters. The molecule has 0 aliphatic heterocycles. The fourth-order valence-corrected chi connectivity index (χ4v) is 3.44. The third kappa shape index (κ3) is 6.26. The number of carbonyl (C=O) groups excluding carboxylic acids is 2. The van der Waals surface area contributed by atoms with Crippen molar-refractivity contribution >= 4 is 46.6 Å². The van der Waals surface area contributed by atoms with Gasteiger partial charge >= 0.3 is 0 Å². The molecular weight excluding hydrogens is 435 g/mol. The molecule has 2 aromatic carbocycles. The number of amides is 2. The van der Waals surface area contributed by atoms with Crippen LogP contribution in [0.25, 0.3) is 0 Å². The molecule has 2 aromatic rings. The van der Waals surface area contributed by atoms with Gasteiger partial charge in [0.25, 0.3) is 5.91 Å². The molecule has 0 fully saturated rings. The van der Waals surface area contributed by atoms with Gasteiger partial charge < -0.3 is 15.0 Å². The van der Waals surface area contributed by atoms with Crippen LogP contribution in [0.2, 0.25) is 15.1 Å². The number of aryl methyl sites for hydroxylation is 1. The summed E-state index contributed by atoms with van der Waals surface area (Å²) in [6.07, 6.45) is 0.441. The first-order chi connectivity index (χ1) is 13.8. The predicted molar refractivity (Wildman–Crippen MR) is 117 cm³/mol. The number of nitrogens with one attached hydrogen (secondary N) is 1. The average molecular weight is 458 g/mol. The van der Waals surface area contributed by atoms with E-state index in [9.17, 15) is 9.59 Å². The first-order valence-corrected chi connectivity index (χ1v) is 10.2. The summed E-state index contributed by atoms with van der Waals surface area (Å²) in [5.74, 6) is -0.0648. The van der Waals surface area contributed by atoms with Gasteiger partial charge in [0, 0.05) is 28.7 Å². The van der Waals surface area contributed by atoms with Gasteiger partial charge in [0.05, 0.1) is 0 Å². The van der Waals surface area contributed by atoms with Crippen molar-refractivity contribution in [3.8, 4) is 5.75 Å². The molecule has 0 spiro atoms. The van der Waals surface area contributed by atoms with Crippen molar-refractivity contribution in [1.29, 1.82) is 0 Å². The largest absolute Gasteiger partial charge is 0.484 e. The van der Waals surface area contributed by atoms with E-state index >= 15 is 0 Å². The molecule has 29 heavy (non-hydrogen) atoms. The lowest BCUT2D eigenvalue weighted by Crippen LogP contribution is -2.49. The van der Waals surface area contributed by atoms with Crippen LogP contribution in [0.1, 0.15) is 24.5 Å². The van der Waals surface area contributed by atoms with Crippen LogP contribution in [0.5, 0.6) is 5.75 Å². The second-order valence-corrected chi connectivity index (χ2v) is 7.75. The molecule has 156 valence electrons. The van der Waals surface area contributed by atoms with E-state index in [4.69, 9.17) is 39.5 Å². The molecule has 5 nitrogen and oxygen atoms in total. The lowest BCUT2D eigenvalue weighted by molar-refractivity contribution is -0.142. The number of ether oxygens (including phenoxy) is 1. The van der Waals surface area contributed by atoms with E-state index in [2.05, 4.69) is 5.32 Å². The van der Waals surface area contributed by atoms with Gasteiger partial charge in [-0.1, -0.05) is 47.8 Å². The molecule has 0 radical (unpaired) electrons. The number of hydrogen-bond donors (Lipinski definition) is 1. The Labute approximate surface area is 185 Å². The van der Waals surface area contributed by atoms with E-state index in [1.165, 1.54) is 11.9 Å². The van der Waals surface area contributed by atoms with Gasteiger partial charge in [0.1, 0.15) is 11.8 Å². The Bertz CT molecular complexity index is 889. The molecule has 0 heterocycles. The molecular formula is C21H23Cl3N2O3. The van der Waals surface area contributed by atoms with E-state index in [1.807, 2.05) is 13.8 Å². The molecule has 0 bridgehead atoms. The van der Waals surface area contributed by atoms with Gasteiger partial charge in [-0.15, -0.1) is 0 Å². The number of benzene rings is 2. The molecule has 2 rings (SSSR count). The van der Waals surface area contributed by atoms with E-state index in [-0.39, 0.29) is 25.0 Å². The Balaban J connectivity index is 2.23. The van der Waals surface area contributed by atoms with Gasteiger partial charge in [-0.25, -0.2) is 0 Å². The Morgan fingerprint density at radius 1 is 1.10 bits per heavy atom. The third-order valence-electron chi connectivity index (χ3n) is 4.48. The summed E-state index contributed by atoms with van der Waals surface area (Å²) in [6.45, 7) is 3.63. The van der Waals surface area contributed by atoms with Crippen LogP contribution >= 0.6 is 34.8 Å². The number of rotatable bonds is 8. The highest BCUT2D eigenvalue weighted by molar-refractivity contribution is 6.35. The van der Waals surface area contributed by atoms with Crippen LogP contribution < -0.4 is 10.1 Å². The number of nitrogens with zero attached hydrogens (tertiary/aromatic N) is 1. The minimum Gasteiger partial charge on any atom is -0.484 e. The van der Waals surface area contributed by atoms with Crippen LogP contribution in [0.4, 0.5) is 0 Å². The maximum absolute atomic E-state index is 13.0. The summed E-state index contributed by atoms with van der Waals surface area (Å²) in [5.41, 5.74) is 1.53. The van der Waals surface area contributed by atoms with Crippen LogP contribution in [0.15, 0.2) is 36.4 Å². The topological polar surface area (TPSA) is 58.6 Å². The molecule has 0 aromatic heterocycles. The summed E-state index contributed by atoms with van der Waals surface area (Å²) < 4.78 is 5.64. The molecule has 0 saturated heterocycles. The SMILES string of the molecule is CC[C@@H](C(=O)NC)N(Cc1ccc(Cl)cc1Cl)C(=O)COc1ccc(Cl)c(C)c1. The first-order valence-electron chi connectivity index (χ1n) is 9.10. The van der Waals surface area contributed by atoms with Gasteiger partial charge in [0.15, 0.2) is 6.61 Å². The number of carbonyl (C=O) groups is 2. The minimum atomic E-state index is -0.658. The maximum Gasteiger partial charge on any atom is 0.261 e. The average Bonchev–Trinajstić information content (AvgIpc) is 2.69. The molecule has 1 N–H and O–H groups in total. The fourth-order valence-electron chi connectivity index (χ4n) is 2.85. The Morgan fingerprint density at radius 3 is 2.41 bits per heavy atom. The summed E-state index contributed by atoms with van der Waals surface area (Å²) >= 11 is 18.3. The predicted octanol–water partition coefficient (Wildman–Crippen LogP) is 4.89. The van der Waals surface area contributed by atoms with Crippen LogP contribution in [0.3, 0.4) is 0 Å². The van der Waals surface area contributed by atoms with Crippen LogP contribution in [-0.4, -0.2) is 36.4 Å². The normalized spacial score (nSPS) is 11.7. The van der Waals surface area contributed by atoms with Crippen molar-refractivity contribution in [2.75, 3.05) is 13.7 Å². The second kappa shape index (κ2) is 10.7. The van der Waals surface area contributed by atoms with Crippen molar-refractivity contribution in [3.05, 3.63) is 62.6 Å². The molecule has 0 saturated carbocycles. The van der Waals surface area contributed by atoms with Crippen molar-refractivity contribution in [3.63, 3.8) is 0 Å². The molecule has 0 aliphatic rings. The number of hydrogen-bond acceptors (Lipinski definition) is 3. The maximum atomic E-state index is 13.0. The lowest BCUT2D eigenvalue weighted by Gasteiger charge is -2.30. The lowest BCUT2D eigenvalue weighted by atomic mass is 10.1. The smallest absolute Gasteiger partial charge is 0.261 e. The monoisotopic (exact) mass is 456 g/mol. The molecule has 1 atom stereocenters. The summed E-state index contributed by atoms with van der Waals surface area (Å²) in [4.78, 5) is 26.8. The Kier molecular flexibility index (Phi) is 8.62. The zero-order valence-electron chi connectivity index (χ0n) is 16.5. The number of halogens is 3. The molecule has 8 heteroatoms. The summed E-state index contributed by atoms with van der Waals surface area (Å²) in [6, 6.07) is 9.54. The van der Waals surface area contributed by atoms with Gasteiger partial charge in [-0.2, -0.15) is 0 Å². The Hall–Kier alpha value is -1.95. The zero-order valence-corrected chi connectivity index (χ0v) is 18.7. The highest BCUT2D eigenvalue weighted by Gasteiger charge is 2.28. The van der Waals surface area contributed by atoms with Gasteiger partial charge in [-0.3, -0.25) is 9.59 Å². The van der Waals surface area contributed by atoms with Crippen LogP contribution in [-0.2, 0) is 16.1 Å². The zero-order chi connectivity index (χ0) is 21.6. The molecule has 0 aliphatic carbocycles. The minimum absolute atomic E-state index is 0.157. The van der Waals surface area contributed by atoms with E-state index in [1.54, 1.807) is 36.4 Å². The van der Waals surface area contributed by atoms with Crippen LogP contribution in [0, 0.1) is 6.92 Å². The van der Waals surface area contributed by atoms with Crippen molar-refractivity contribution in [2.45, 2.75) is 32.9 Å². The summed E-state index contributed by atoms with van der Waals surface area (Å²) in [7, 11) is 1.54. The van der Waals surface area contributed by atoms with Crippen molar-refractivity contribution in [2.24, 2.45) is 0 Å². The van der Waals surface area contributed by atoms with Crippen molar-refractivity contribution < 1.29 is 14.3 Å².